The van der Waals surface area contributed by atoms with Gasteiger partial charge in [-0.25, -0.2) is 4.79 Å². The zero-order valence-electron chi connectivity index (χ0n) is 22.9. The first kappa shape index (κ1) is 27.6. The molecule has 7 nitrogen and oxygen atoms in total. The number of carbonyl (C=O) groups is 3. The Morgan fingerprint density at radius 1 is 0.949 bits per heavy atom. The molecule has 1 aliphatic heterocycles. The van der Waals surface area contributed by atoms with Crippen LogP contribution in [0.25, 0.3) is 5.76 Å². The third-order valence-electron chi connectivity index (χ3n) is 6.68. The first-order chi connectivity index (χ1) is 18.6. The smallest absolute Gasteiger partial charge is 0.337 e. The van der Waals surface area contributed by atoms with Gasteiger partial charge in [0.05, 0.1) is 30.9 Å². The van der Waals surface area contributed by atoms with Crippen LogP contribution in [0.2, 0.25) is 0 Å². The lowest BCUT2D eigenvalue weighted by Crippen LogP contribution is -2.29. The number of aliphatic hydroxyl groups is 1. The van der Waals surface area contributed by atoms with Crippen molar-refractivity contribution in [1.29, 1.82) is 0 Å². The fraction of sp³-hybridized carbons (Fsp3) is 0.281. The third-order valence-corrected chi connectivity index (χ3v) is 6.68. The lowest BCUT2D eigenvalue weighted by molar-refractivity contribution is -0.132. The van der Waals surface area contributed by atoms with E-state index >= 15 is 0 Å². The summed E-state index contributed by atoms with van der Waals surface area (Å²) in [6.07, 6.45) is 0.858. The van der Waals surface area contributed by atoms with Crippen molar-refractivity contribution in [3.8, 4) is 5.75 Å². The summed E-state index contributed by atoms with van der Waals surface area (Å²) in [5.74, 6) is -1.82. The Morgan fingerprint density at radius 2 is 1.62 bits per heavy atom. The predicted molar refractivity (Wildman–Crippen MR) is 150 cm³/mol. The number of rotatable bonds is 7. The van der Waals surface area contributed by atoms with Crippen molar-refractivity contribution in [1.82, 2.24) is 0 Å². The molecule has 3 aromatic rings. The van der Waals surface area contributed by atoms with Crippen LogP contribution in [0.1, 0.15) is 67.2 Å². The fourth-order valence-electron chi connectivity index (χ4n) is 4.56. The number of hydrogen-bond acceptors (Lipinski definition) is 6. The van der Waals surface area contributed by atoms with Crippen LogP contribution in [0.5, 0.6) is 5.75 Å². The Morgan fingerprint density at radius 3 is 2.21 bits per heavy atom. The minimum Gasteiger partial charge on any atom is -0.507 e. The molecular weight excluding hydrogens is 494 g/mol. The van der Waals surface area contributed by atoms with Crippen LogP contribution in [0.4, 0.5) is 5.69 Å². The quantitative estimate of drug-likeness (QED) is 0.171. The zero-order valence-corrected chi connectivity index (χ0v) is 22.9. The second kappa shape index (κ2) is 11.2. The van der Waals surface area contributed by atoms with Crippen LogP contribution in [-0.4, -0.2) is 36.5 Å². The molecule has 0 spiro atoms. The van der Waals surface area contributed by atoms with E-state index in [9.17, 15) is 19.5 Å². The average molecular weight is 528 g/mol. The van der Waals surface area contributed by atoms with E-state index in [1.807, 2.05) is 31.2 Å². The van der Waals surface area contributed by atoms with E-state index in [1.165, 1.54) is 18.1 Å². The Bertz CT molecular complexity index is 1410. The van der Waals surface area contributed by atoms with Crippen molar-refractivity contribution < 1.29 is 29.0 Å². The van der Waals surface area contributed by atoms with Gasteiger partial charge in [0.15, 0.2) is 0 Å². The monoisotopic (exact) mass is 527 g/mol. The second-order valence-electron chi connectivity index (χ2n) is 10.5. The van der Waals surface area contributed by atoms with E-state index in [2.05, 4.69) is 20.8 Å². The highest BCUT2D eigenvalue weighted by atomic mass is 16.5. The number of methoxy groups -OCH3 is 1. The van der Waals surface area contributed by atoms with Crippen LogP contribution in [0, 0.1) is 0 Å². The molecule has 0 aliphatic carbocycles. The van der Waals surface area contributed by atoms with Gasteiger partial charge in [0.2, 0.25) is 0 Å². The summed E-state index contributed by atoms with van der Waals surface area (Å²) in [4.78, 5) is 40.5. The van der Waals surface area contributed by atoms with Gasteiger partial charge in [-0.2, -0.15) is 0 Å². The number of carbonyl (C=O) groups excluding carboxylic acids is 3. The Kier molecular flexibility index (Phi) is 7.90. The van der Waals surface area contributed by atoms with Gasteiger partial charge in [0.25, 0.3) is 11.7 Å². The predicted octanol–water partition coefficient (Wildman–Crippen LogP) is 6.19. The van der Waals surface area contributed by atoms with Crippen molar-refractivity contribution in [2.24, 2.45) is 0 Å². The van der Waals surface area contributed by atoms with Crippen LogP contribution in [0.3, 0.4) is 0 Å². The number of esters is 1. The molecule has 39 heavy (non-hydrogen) atoms. The normalized spacial score (nSPS) is 16.8. The molecule has 1 fully saturated rings. The van der Waals surface area contributed by atoms with Gasteiger partial charge in [0, 0.05) is 11.3 Å². The number of aliphatic hydroxyl groups excluding tert-OH is 1. The van der Waals surface area contributed by atoms with Crippen LogP contribution in [-0.2, 0) is 19.7 Å². The molecule has 1 amide bonds. The maximum absolute atomic E-state index is 13.5. The number of amides is 1. The van der Waals surface area contributed by atoms with Crippen LogP contribution in [0.15, 0.2) is 78.4 Å². The summed E-state index contributed by atoms with van der Waals surface area (Å²) in [6, 6.07) is 19.8. The topological polar surface area (TPSA) is 93.1 Å². The number of ether oxygens (including phenoxy) is 2. The lowest BCUT2D eigenvalue weighted by Gasteiger charge is -2.27. The minimum atomic E-state index is -0.914. The Balaban J connectivity index is 1.87. The molecule has 4 rings (SSSR count). The molecule has 202 valence electrons. The number of benzene rings is 3. The Labute approximate surface area is 228 Å². The van der Waals surface area contributed by atoms with Gasteiger partial charge in [-0.05, 0) is 65.4 Å². The molecule has 0 saturated carbocycles. The first-order valence-electron chi connectivity index (χ1n) is 12.9. The minimum absolute atomic E-state index is 0.0331. The summed E-state index contributed by atoms with van der Waals surface area (Å²) in [5, 5.41) is 11.4. The maximum atomic E-state index is 13.5. The van der Waals surface area contributed by atoms with Crippen molar-refractivity contribution in [2.45, 2.75) is 45.6 Å². The molecular formula is C32H33NO6. The number of nitrogens with zero attached hydrogens (tertiary/aromatic N) is 1. The summed E-state index contributed by atoms with van der Waals surface area (Å²) >= 11 is 0. The van der Waals surface area contributed by atoms with Gasteiger partial charge >= 0.3 is 5.97 Å². The lowest BCUT2D eigenvalue weighted by atomic mass is 9.85. The fourth-order valence-corrected chi connectivity index (χ4v) is 4.56. The highest BCUT2D eigenvalue weighted by molar-refractivity contribution is 6.51. The number of anilines is 1. The summed E-state index contributed by atoms with van der Waals surface area (Å²) in [5.41, 5.74) is 2.56. The average Bonchev–Trinajstić information content (AvgIpc) is 3.21. The van der Waals surface area contributed by atoms with Crippen molar-refractivity contribution >= 4 is 29.1 Å². The third kappa shape index (κ3) is 5.58. The van der Waals surface area contributed by atoms with Gasteiger partial charge in [-0.3, -0.25) is 14.5 Å². The van der Waals surface area contributed by atoms with E-state index < -0.39 is 23.7 Å². The molecule has 7 heteroatoms. The summed E-state index contributed by atoms with van der Waals surface area (Å²) in [6.45, 7) is 8.86. The largest absolute Gasteiger partial charge is 0.507 e. The molecule has 1 N–H and O–H groups in total. The van der Waals surface area contributed by atoms with Gasteiger partial charge in [-0.1, -0.05) is 58.0 Å². The number of hydrogen-bond donors (Lipinski definition) is 1. The van der Waals surface area contributed by atoms with E-state index in [0.717, 1.165) is 12.0 Å². The second-order valence-corrected chi connectivity index (χ2v) is 10.5. The van der Waals surface area contributed by atoms with Crippen molar-refractivity contribution in [2.75, 3.05) is 18.6 Å². The maximum Gasteiger partial charge on any atom is 0.337 e. The zero-order chi connectivity index (χ0) is 28.3. The van der Waals surface area contributed by atoms with E-state index in [0.29, 0.717) is 29.2 Å². The van der Waals surface area contributed by atoms with E-state index in [4.69, 9.17) is 9.47 Å². The first-order valence-corrected chi connectivity index (χ1v) is 12.9. The molecule has 1 unspecified atom stereocenters. The van der Waals surface area contributed by atoms with E-state index in [1.54, 1.807) is 42.5 Å². The number of Topliss-reactive ketones (excluding diaryl/α,β-unsaturated/α-hetero) is 1. The molecule has 0 bridgehead atoms. The van der Waals surface area contributed by atoms with Crippen molar-refractivity contribution in [3.05, 3.63) is 101 Å². The molecule has 1 heterocycles. The summed E-state index contributed by atoms with van der Waals surface area (Å²) in [7, 11) is 1.27. The van der Waals surface area contributed by atoms with Crippen LogP contribution < -0.4 is 9.64 Å². The molecule has 0 aromatic heterocycles. The Hall–Kier alpha value is -4.39. The molecule has 1 atom stereocenters. The molecule has 1 saturated heterocycles. The molecule has 1 aliphatic rings. The SMILES string of the molecule is CCCOc1ccc(/C(O)=C2\C(=O)C(=O)N(c3cccc(C(=O)OC)c3)C2c2ccc(C(C)(C)C)cc2)cc1. The standard InChI is InChI=1S/C32H33NO6/c1-6-18-39-25-16-12-21(13-17-25)28(34)26-27(20-10-14-23(15-11-20)32(2,3)4)33(30(36)29(26)35)24-9-7-8-22(19-24)31(37)38-5/h7-17,19,27,34H,6,18H2,1-5H3/b28-26+. The van der Waals surface area contributed by atoms with E-state index in [-0.39, 0.29) is 22.3 Å². The highest BCUT2D eigenvalue weighted by Crippen LogP contribution is 2.43. The molecule has 3 aromatic carbocycles. The van der Waals surface area contributed by atoms with Crippen molar-refractivity contribution in [3.63, 3.8) is 0 Å². The molecule has 0 radical (unpaired) electrons. The number of ketones is 1. The van der Waals surface area contributed by atoms with Gasteiger partial charge in [0.1, 0.15) is 11.5 Å². The van der Waals surface area contributed by atoms with Gasteiger partial charge < -0.3 is 14.6 Å². The summed E-state index contributed by atoms with van der Waals surface area (Å²) < 4.78 is 10.5. The van der Waals surface area contributed by atoms with Gasteiger partial charge in [-0.15, -0.1) is 0 Å². The van der Waals surface area contributed by atoms with Crippen LogP contribution >= 0.6 is 0 Å². The highest BCUT2D eigenvalue weighted by Gasteiger charge is 2.47.